The van der Waals surface area contributed by atoms with E-state index in [1.807, 2.05) is 20.8 Å². The molecule has 156 valence electrons. The largest absolute Gasteiger partial charge is 0.506 e. The molecular weight excluding hydrogens is 389 g/mol. The molecule has 0 spiro atoms. The Morgan fingerprint density at radius 3 is 2.47 bits per heavy atom. The lowest BCUT2D eigenvalue weighted by Crippen LogP contribution is -2.17. The van der Waals surface area contributed by atoms with Crippen LogP contribution >= 0.6 is 0 Å². The second-order valence-electron chi connectivity index (χ2n) is 7.72. The third-order valence-electron chi connectivity index (χ3n) is 4.57. The highest BCUT2D eigenvalue weighted by Gasteiger charge is 2.21. The topological polar surface area (TPSA) is 96.7 Å². The monoisotopic (exact) mass is 411 g/mol. The van der Waals surface area contributed by atoms with Crippen molar-refractivity contribution in [2.45, 2.75) is 26.2 Å². The van der Waals surface area contributed by atoms with Gasteiger partial charge in [-0.3, -0.25) is 14.9 Å². The molecule has 0 radical (unpaired) electrons. The maximum Gasteiger partial charge on any atom is 0.356 e. The number of phenolic OH excluding ortho intramolecular Hbond substituents is 1. The van der Waals surface area contributed by atoms with Crippen molar-refractivity contribution in [3.8, 4) is 11.4 Å². The molecule has 0 amide bonds. The van der Waals surface area contributed by atoms with Gasteiger partial charge in [-0.15, -0.1) is 0 Å². The van der Waals surface area contributed by atoms with Gasteiger partial charge in [0.25, 0.3) is 5.56 Å². The van der Waals surface area contributed by atoms with E-state index < -0.39 is 17.3 Å². The summed E-state index contributed by atoms with van der Waals surface area (Å²) in [6, 6.07) is 10.2. The summed E-state index contributed by atoms with van der Waals surface area (Å²) < 4.78 is 19.1. The number of nitrogens with one attached hydrogen (secondary N) is 1. The van der Waals surface area contributed by atoms with Gasteiger partial charge < -0.3 is 9.84 Å². The van der Waals surface area contributed by atoms with Gasteiger partial charge >= 0.3 is 5.97 Å². The van der Waals surface area contributed by atoms with Crippen LogP contribution in [0.3, 0.4) is 0 Å². The van der Waals surface area contributed by atoms with Gasteiger partial charge in [0.15, 0.2) is 5.69 Å². The Labute approximate surface area is 172 Å². The van der Waals surface area contributed by atoms with Crippen molar-refractivity contribution in [1.82, 2.24) is 9.78 Å². The normalized spacial score (nSPS) is 11.8. The van der Waals surface area contributed by atoms with Crippen LogP contribution in [0, 0.1) is 5.82 Å². The van der Waals surface area contributed by atoms with Crippen LogP contribution in [0.15, 0.2) is 52.3 Å². The quantitative estimate of drug-likeness (QED) is 0.503. The van der Waals surface area contributed by atoms with Crippen molar-refractivity contribution >= 4 is 17.9 Å². The molecule has 0 saturated heterocycles. The van der Waals surface area contributed by atoms with Crippen molar-refractivity contribution in [3.05, 3.63) is 75.5 Å². The van der Waals surface area contributed by atoms with Gasteiger partial charge in [0.2, 0.25) is 0 Å². The molecule has 0 fully saturated rings. The number of carbonyl (C=O) groups excluding carboxylic acids is 1. The number of hydrogen-bond donors (Lipinski definition) is 2. The Bertz CT molecular complexity index is 1170. The summed E-state index contributed by atoms with van der Waals surface area (Å²) in [6.07, 6.45) is 1.20. The maximum atomic E-state index is 13.2. The number of H-pyrrole nitrogens is 1. The van der Waals surface area contributed by atoms with Crippen LogP contribution in [0.4, 0.5) is 10.1 Å². The predicted molar refractivity (Wildman–Crippen MR) is 112 cm³/mol. The number of carbonyl (C=O) groups is 1. The minimum absolute atomic E-state index is 0.0493. The van der Waals surface area contributed by atoms with Crippen LogP contribution < -0.4 is 5.56 Å². The van der Waals surface area contributed by atoms with E-state index >= 15 is 0 Å². The van der Waals surface area contributed by atoms with Crippen molar-refractivity contribution in [2.75, 3.05) is 7.11 Å². The highest BCUT2D eigenvalue weighted by molar-refractivity contribution is 5.98. The molecule has 30 heavy (non-hydrogen) atoms. The van der Waals surface area contributed by atoms with Crippen LogP contribution in [-0.4, -0.2) is 34.2 Å². The molecular formula is C22H22FN3O4. The third kappa shape index (κ3) is 4.17. The van der Waals surface area contributed by atoms with E-state index in [0.717, 1.165) is 10.2 Å². The zero-order chi connectivity index (χ0) is 22.1. The number of nitrogens with zero attached hydrogens (tertiary/aromatic N) is 2. The van der Waals surface area contributed by atoms with Crippen LogP contribution in [0.5, 0.6) is 5.75 Å². The summed E-state index contributed by atoms with van der Waals surface area (Å²) in [5, 5.41) is 12.8. The van der Waals surface area contributed by atoms with E-state index in [1.165, 1.54) is 43.7 Å². The standard InChI is InChI=1S/C22H22FN3O4/c1-22(2,3)13-5-10-18(27)17(11-13)24-12-16-19(21(29)30-4)25-26(20(16)28)15-8-6-14(23)7-9-15/h5-12,25,27H,1-4H3. The summed E-state index contributed by atoms with van der Waals surface area (Å²) in [5.41, 5.74) is 0.638. The number of rotatable bonds is 4. The minimum atomic E-state index is -0.762. The van der Waals surface area contributed by atoms with Crippen LogP contribution in [0.25, 0.3) is 5.69 Å². The molecule has 0 aliphatic heterocycles. The van der Waals surface area contributed by atoms with Gasteiger partial charge in [-0.1, -0.05) is 26.8 Å². The number of aromatic amines is 1. The van der Waals surface area contributed by atoms with Crippen molar-refractivity contribution in [3.63, 3.8) is 0 Å². The Hall–Kier alpha value is -3.68. The number of phenols is 1. The van der Waals surface area contributed by atoms with Crippen molar-refractivity contribution in [2.24, 2.45) is 4.99 Å². The second-order valence-corrected chi connectivity index (χ2v) is 7.72. The molecule has 8 heteroatoms. The van der Waals surface area contributed by atoms with E-state index in [-0.39, 0.29) is 28.1 Å². The number of ether oxygens (including phenoxy) is 1. The molecule has 2 N–H and O–H groups in total. The fourth-order valence-electron chi connectivity index (χ4n) is 2.83. The van der Waals surface area contributed by atoms with Gasteiger partial charge in [-0.25, -0.2) is 13.9 Å². The van der Waals surface area contributed by atoms with Crippen molar-refractivity contribution < 1.29 is 19.0 Å². The number of hydrogen-bond acceptors (Lipinski definition) is 5. The Morgan fingerprint density at radius 1 is 1.20 bits per heavy atom. The SMILES string of the molecule is COC(=O)c1[nH]n(-c2ccc(F)cc2)c(=O)c1C=Nc1cc(C(C)(C)C)ccc1O. The molecule has 0 aliphatic rings. The number of aliphatic imine (C=N–C) groups is 1. The number of benzene rings is 2. The lowest BCUT2D eigenvalue weighted by molar-refractivity contribution is 0.0593. The van der Waals surface area contributed by atoms with E-state index in [0.29, 0.717) is 5.69 Å². The zero-order valence-corrected chi connectivity index (χ0v) is 17.1. The first-order valence-electron chi connectivity index (χ1n) is 9.18. The maximum absolute atomic E-state index is 13.2. The summed E-state index contributed by atoms with van der Waals surface area (Å²) >= 11 is 0. The number of methoxy groups -OCH3 is 1. The molecule has 1 aromatic heterocycles. The first kappa shape index (κ1) is 21.0. The first-order chi connectivity index (χ1) is 14.1. The van der Waals surface area contributed by atoms with Gasteiger partial charge in [-0.2, -0.15) is 0 Å². The average Bonchev–Trinajstić information content (AvgIpc) is 3.03. The Morgan fingerprint density at radius 2 is 1.87 bits per heavy atom. The smallest absolute Gasteiger partial charge is 0.356 e. The molecule has 0 aliphatic carbocycles. The molecule has 3 aromatic rings. The van der Waals surface area contributed by atoms with Gasteiger partial charge in [-0.05, 0) is 47.4 Å². The molecule has 2 aromatic carbocycles. The lowest BCUT2D eigenvalue weighted by Gasteiger charge is -2.19. The van der Waals surface area contributed by atoms with Gasteiger partial charge in [0.1, 0.15) is 17.3 Å². The second kappa shape index (κ2) is 7.98. The summed E-state index contributed by atoms with van der Waals surface area (Å²) in [5.74, 6) is -1.28. The predicted octanol–water partition coefficient (Wildman–Crippen LogP) is 3.85. The van der Waals surface area contributed by atoms with E-state index in [1.54, 1.807) is 12.1 Å². The minimum Gasteiger partial charge on any atom is -0.506 e. The fraction of sp³-hybridized carbons (Fsp3) is 0.227. The zero-order valence-electron chi connectivity index (χ0n) is 17.1. The lowest BCUT2D eigenvalue weighted by atomic mass is 9.87. The molecule has 1 heterocycles. The number of esters is 1. The number of aromatic hydroxyl groups is 1. The average molecular weight is 411 g/mol. The summed E-state index contributed by atoms with van der Waals surface area (Å²) in [7, 11) is 1.19. The van der Waals surface area contributed by atoms with Crippen LogP contribution in [0.2, 0.25) is 0 Å². The van der Waals surface area contributed by atoms with Gasteiger partial charge in [0.05, 0.1) is 18.4 Å². The van der Waals surface area contributed by atoms with Crippen molar-refractivity contribution in [1.29, 1.82) is 0 Å². The molecule has 0 saturated carbocycles. The third-order valence-corrected chi connectivity index (χ3v) is 4.57. The number of halogens is 1. The molecule has 0 atom stereocenters. The van der Waals surface area contributed by atoms with E-state index in [2.05, 4.69) is 10.1 Å². The first-order valence-corrected chi connectivity index (χ1v) is 9.18. The number of aromatic nitrogens is 2. The van der Waals surface area contributed by atoms with Crippen LogP contribution in [0.1, 0.15) is 42.4 Å². The van der Waals surface area contributed by atoms with Gasteiger partial charge in [0, 0.05) is 6.21 Å². The Balaban J connectivity index is 2.11. The molecule has 0 unspecified atom stereocenters. The summed E-state index contributed by atoms with van der Waals surface area (Å²) in [4.78, 5) is 29.3. The highest BCUT2D eigenvalue weighted by Crippen LogP contribution is 2.32. The van der Waals surface area contributed by atoms with E-state index in [4.69, 9.17) is 4.74 Å². The molecule has 3 rings (SSSR count). The molecule has 7 nitrogen and oxygen atoms in total. The van der Waals surface area contributed by atoms with Crippen LogP contribution in [-0.2, 0) is 10.2 Å². The Kier molecular flexibility index (Phi) is 5.60. The fourth-order valence-corrected chi connectivity index (χ4v) is 2.83. The molecule has 0 bridgehead atoms. The van der Waals surface area contributed by atoms with E-state index in [9.17, 15) is 19.1 Å². The summed E-state index contributed by atoms with van der Waals surface area (Å²) in [6.45, 7) is 6.07. The highest BCUT2D eigenvalue weighted by atomic mass is 19.1.